The molecule has 0 saturated heterocycles. The lowest BCUT2D eigenvalue weighted by molar-refractivity contribution is 0.294. The first-order valence-corrected chi connectivity index (χ1v) is 7.86. The zero-order valence-corrected chi connectivity index (χ0v) is 12.3. The average Bonchev–Trinajstić information content (AvgIpc) is 2.66. The molecule has 112 valence electrons. The summed E-state index contributed by atoms with van der Waals surface area (Å²) in [6.07, 6.45) is 6.47. The predicted octanol–water partition coefficient (Wildman–Crippen LogP) is 4.31. The van der Waals surface area contributed by atoms with Crippen molar-refractivity contribution in [1.82, 2.24) is 5.32 Å². The van der Waals surface area contributed by atoms with Crippen LogP contribution in [0.15, 0.2) is 18.2 Å². The van der Waals surface area contributed by atoms with E-state index in [1.807, 2.05) is 0 Å². The number of halogens is 2. The first kappa shape index (κ1) is 15.4. The average molecular weight is 281 g/mol. The third-order valence-corrected chi connectivity index (χ3v) is 4.50. The Hall–Kier alpha value is -0.960. The lowest BCUT2D eigenvalue weighted by Crippen LogP contribution is -2.29. The van der Waals surface area contributed by atoms with E-state index in [1.54, 1.807) is 0 Å². The van der Waals surface area contributed by atoms with Crippen molar-refractivity contribution in [3.8, 4) is 0 Å². The summed E-state index contributed by atoms with van der Waals surface area (Å²) in [7, 11) is 0. The molecule has 0 amide bonds. The van der Waals surface area contributed by atoms with E-state index in [9.17, 15) is 8.78 Å². The van der Waals surface area contributed by atoms with Gasteiger partial charge in [0.05, 0.1) is 0 Å². The summed E-state index contributed by atoms with van der Waals surface area (Å²) < 4.78 is 27.7. The highest BCUT2D eigenvalue weighted by atomic mass is 19.1. The van der Waals surface area contributed by atoms with Crippen LogP contribution >= 0.6 is 0 Å². The molecule has 0 bridgehead atoms. The van der Waals surface area contributed by atoms with Gasteiger partial charge in [-0.3, -0.25) is 0 Å². The number of hydrogen-bond donors (Lipinski definition) is 1. The summed E-state index contributed by atoms with van der Waals surface area (Å²) in [5.74, 6) is 0.146. The fraction of sp³-hybridized carbons (Fsp3) is 0.647. The highest BCUT2D eigenvalue weighted by Crippen LogP contribution is 2.32. The third kappa shape index (κ3) is 4.02. The molecule has 1 saturated carbocycles. The van der Waals surface area contributed by atoms with E-state index in [2.05, 4.69) is 12.2 Å². The van der Waals surface area contributed by atoms with Crippen LogP contribution in [0.3, 0.4) is 0 Å². The summed E-state index contributed by atoms with van der Waals surface area (Å²) in [5.41, 5.74) is 0.279. The maximum Gasteiger partial charge on any atom is 0.129 e. The largest absolute Gasteiger partial charge is 0.317 e. The summed E-state index contributed by atoms with van der Waals surface area (Å²) in [6, 6.07) is 4.18. The Morgan fingerprint density at radius 2 is 1.70 bits per heavy atom. The van der Waals surface area contributed by atoms with E-state index in [-0.39, 0.29) is 5.56 Å². The van der Waals surface area contributed by atoms with E-state index >= 15 is 0 Å². The molecule has 1 aliphatic carbocycles. The van der Waals surface area contributed by atoms with Gasteiger partial charge >= 0.3 is 0 Å². The minimum Gasteiger partial charge on any atom is -0.317 e. The maximum absolute atomic E-state index is 13.8. The van der Waals surface area contributed by atoms with Crippen LogP contribution in [0.1, 0.15) is 44.6 Å². The van der Waals surface area contributed by atoms with Gasteiger partial charge in [0.2, 0.25) is 0 Å². The highest BCUT2D eigenvalue weighted by Gasteiger charge is 2.25. The molecule has 2 rings (SSSR count). The number of nitrogens with one attached hydrogen (secondary N) is 1. The molecule has 0 radical (unpaired) electrons. The summed E-state index contributed by atoms with van der Waals surface area (Å²) in [4.78, 5) is 0. The van der Waals surface area contributed by atoms with Crippen molar-refractivity contribution in [2.45, 2.75) is 45.4 Å². The van der Waals surface area contributed by atoms with Gasteiger partial charge in [-0.25, -0.2) is 8.78 Å². The second-order valence-electron chi connectivity index (χ2n) is 5.87. The number of hydrogen-bond acceptors (Lipinski definition) is 1. The molecular formula is C17H25F2N. The van der Waals surface area contributed by atoms with Gasteiger partial charge in [-0.15, -0.1) is 0 Å². The fourth-order valence-corrected chi connectivity index (χ4v) is 3.32. The van der Waals surface area contributed by atoms with Gasteiger partial charge in [-0.1, -0.05) is 32.3 Å². The molecule has 0 aromatic heterocycles. The molecule has 1 aliphatic rings. The quantitative estimate of drug-likeness (QED) is 0.793. The van der Waals surface area contributed by atoms with Crippen molar-refractivity contribution in [1.29, 1.82) is 0 Å². The van der Waals surface area contributed by atoms with Crippen LogP contribution in [0.4, 0.5) is 8.78 Å². The summed E-state index contributed by atoms with van der Waals surface area (Å²) in [5, 5.41) is 3.40. The number of rotatable bonds is 5. The van der Waals surface area contributed by atoms with Crippen LogP contribution in [0.25, 0.3) is 0 Å². The lowest BCUT2D eigenvalue weighted by atomic mass is 9.83. The Balaban J connectivity index is 2.10. The molecule has 2 atom stereocenters. The minimum absolute atomic E-state index is 0.279. The van der Waals surface area contributed by atoms with Crippen LogP contribution in [0, 0.1) is 23.5 Å². The van der Waals surface area contributed by atoms with Crippen LogP contribution in [0.5, 0.6) is 0 Å². The second-order valence-corrected chi connectivity index (χ2v) is 5.87. The van der Waals surface area contributed by atoms with Crippen LogP contribution < -0.4 is 5.32 Å². The fourth-order valence-electron chi connectivity index (χ4n) is 3.32. The molecule has 1 N–H and O–H groups in total. The highest BCUT2D eigenvalue weighted by molar-refractivity contribution is 5.20. The molecule has 0 aliphatic heterocycles. The van der Waals surface area contributed by atoms with Gasteiger partial charge in [-0.2, -0.15) is 0 Å². The van der Waals surface area contributed by atoms with Crippen molar-refractivity contribution in [2.75, 3.05) is 13.1 Å². The Labute approximate surface area is 120 Å². The smallest absolute Gasteiger partial charge is 0.129 e. The molecule has 0 spiro atoms. The molecule has 0 heterocycles. The van der Waals surface area contributed by atoms with Crippen LogP contribution in [-0.2, 0) is 6.42 Å². The Morgan fingerprint density at radius 3 is 2.35 bits per heavy atom. The topological polar surface area (TPSA) is 12.0 Å². The molecule has 1 aromatic rings. The monoisotopic (exact) mass is 281 g/mol. The Kier molecular flexibility index (Phi) is 5.96. The number of benzene rings is 1. The first-order chi connectivity index (χ1) is 9.72. The van der Waals surface area contributed by atoms with Crippen molar-refractivity contribution in [2.24, 2.45) is 11.8 Å². The molecule has 2 unspecified atom stereocenters. The first-order valence-electron chi connectivity index (χ1n) is 7.86. The maximum atomic E-state index is 13.8. The van der Waals surface area contributed by atoms with Gasteiger partial charge in [0.15, 0.2) is 0 Å². The zero-order valence-electron chi connectivity index (χ0n) is 12.3. The second kappa shape index (κ2) is 7.72. The van der Waals surface area contributed by atoms with Crippen LogP contribution in [0.2, 0.25) is 0 Å². The van der Waals surface area contributed by atoms with Crippen molar-refractivity contribution in [3.63, 3.8) is 0 Å². The summed E-state index contributed by atoms with van der Waals surface area (Å²) in [6.45, 7) is 4.02. The van der Waals surface area contributed by atoms with Crippen molar-refractivity contribution >= 4 is 0 Å². The molecule has 1 fully saturated rings. The Bertz CT molecular complexity index is 399. The van der Waals surface area contributed by atoms with Gasteiger partial charge < -0.3 is 5.32 Å². The standard InChI is InChI=1S/C17H25F2N/c1-2-20-12-14-8-5-3-4-7-13(14)11-15-16(18)9-6-10-17(15)19/h6,9-10,13-14,20H,2-5,7-8,11-12H2,1H3. The normalized spacial score (nSPS) is 23.6. The van der Waals surface area contributed by atoms with Gasteiger partial charge in [-0.05, 0) is 56.3 Å². The predicted molar refractivity (Wildman–Crippen MR) is 78.7 cm³/mol. The minimum atomic E-state index is -0.392. The van der Waals surface area contributed by atoms with Gasteiger partial charge in [0, 0.05) is 5.56 Å². The van der Waals surface area contributed by atoms with Gasteiger partial charge in [0.25, 0.3) is 0 Å². The van der Waals surface area contributed by atoms with Gasteiger partial charge in [0.1, 0.15) is 11.6 Å². The van der Waals surface area contributed by atoms with Crippen molar-refractivity contribution in [3.05, 3.63) is 35.4 Å². The zero-order chi connectivity index (χ0) is 14.4. The molecule has 1 nitrogen and oxygen atoms in total. The van der Waals surface area contributed by atoms with E-state index < -0.39 is 11.6 Å². The summed E-state index contributed by atoms with van der Waals surface area (Å²) >= 11 is 0. The Morgan fingerprint density at radius 1 is 1.05 bits per heavy atom. The molecule has 20 heavy (non-hydrogen) atoms. The van der Waals surface area contributed by atoms with E-state index in [0.29, 0.717) is 18.3 Å². The lowest BCUT2D eigenvalue weighted by Gasteiger charge is -2.26. The van der Waals surface area contributed by atoms with E-state index in [1.165, 1.54) is 43.9 Å². The molecular weight excluding hydrogens is 256 g/mol. The van der Waals surface area contributed by atoms with E-state index in [4.69, 9.17) is 0 Å². The SMILES string of the molecule is CCNCC1CCCCCC1Cc1c(F)cccc1F. The van der Waals surface area contributed by atoms with Crippen LogP contribution in [-0.4, -0.2) is 13.1 Å². The molecule has 1 aromatic carbocycles. The third-order valence-electron chi connectivity index (χ3n) is 4.50. The van der Waals surface area contributed by atoms with Crippen molar-refractivity contribution < 1.29 is 8.78 Å². The molecule has 3 heteroatoms. The van der Waals surface area contributed by atoms with E-state index in [0.717, 1.165) is 19.5 Å².